The average Bonchev–Trinajstić information content (AvgIpc) is 4.03. The highest BCUT2D eigenvalue weighted by atomic mass is 32.1. The molecule has 0 bridgehead atoms. The number of alkyl carbamates (subject to hydrolysis) is 1. The number of thiophene rings is 1. The third-order valence-corrected chi connectivity index (χ3v) is 14.0. The Balaban J connectivity index is 0.977. The SMILES string of the molecule is COC(=O)NC(C(=O)N1CCCC1c1nc2ccc(-c3ccc(-c4ccc(-c5cnc([C@@H]6CCCN6C(=O)CC(C)C)[nH]5)s4)c4c3C3CCC3C4)cc2[nH]1)C(C)C. The van der Waals surface area contributed by atoms with Crippen molar-refractivity contribution < 1.29 is 19.1 Å². The molecule has 2 aliphatic carbocycles. The highest BCUT2D eigenvalue weighted by molar-refractivity contribution is 7.18. The zero-order chi connectivity index (χ0) is 39.5. The molecule has 5 aromatic rings. The fourth-order valence-corrected chi connectivity index (χ4v) is 10.9. The van der Waals surface area contributed by atoms with E-state index in [0.717, 1.165) is 71.9 Å². The van der Waals surface area contributed by atoms with Gasteiger partial charge in [-0.2, -0.15) is 0 Å². The first-order chi connectivity index (χ1) is 27.6. The standard InChI is InChI=1S/C45H53N7O4S/c1-24(2)20-39(53)51-18-6-8-35(51)42-46-23-34(49-42)38-17-16-37(57-38)30-14-13-29(40-28-12-10-26(28)21-31(30)40)27-11-15-32-33(22-27)48-43(47-32)36-9-7-19-52(36)44(54)41(25(3)4)50-45(55)56-5/h11,13-17,22-26,28,35-36,41H,6-10,12,18-21H2,1-5H3,(H,46,49)(H,47,48)(H,50,55)/t26?,28?,35-,36?,41?/m0/s1. The number of hydrogen-bond acceptors (Lipinski definition) is 7. The van der Waals surface area contributed by atoms with E-state index in [1.54, 1.807) is 11.3 Å². The second kappa shape index (κ2) is 15.1. The Morgan fingerprint density at radius 1 is 0.895 bits per heavy atom. The second-order valence-electron chi connectivity index (χ2n) is 17.3. The molecule has 0 spiro atoms. The number of amides is 3. The number of methoxy groups -OCH3 is 1. The summed E-state index contributed by atoms with van der Waals surface area (Å²) < 4.78 is 4.81. The van der Waals surface area contributed by atoms with Crippen molar-refractivity contribution in [3.8, 4) is 32.1 Å². The van der Waals surface area contributed by atoms with Gasteiger partial charge in [0.05, 0.1) is 47.0 Å². The van der Waals surface area contributed by atoms with Gasteiger partial charge in [0, 0.05) is 24.4 Å². The van der Waals surface area contributed by atoms with Crippen LogP contribution in [-0.4, -0.2) is 73.9 Å². The van der Waals surface area contributed by atoms with Crippen molar-refractivity contribution in [3.63, 3.8) is 0 Å². The number of hydrogen-bond donors (Lipinski definition) is 3. The van der Waals surface area contributed by atoms with Crippen LogP contribution in [0.2, 0.25) is 0 Å². The third kappa shape index (κ3) is 6.83. The molecule has 2 saturated heterocycles. The molecule has 4 aliphatic rings. The van der Waals surface area contributed by atoms with E-state index in [0.29, 0.717) is 30.7 Å². The fourth-order valence-electron chi connectivity index (χ4n) is 9.87. The Kier molecular flexibility index (Phi) is 9.95. The fraction of sp³-hybridized carbons (Fsp3) is 0.489. The number of carbonyl (C=O) groups excluding carboxylic acids is 3. The molecule has 2 aliphatic heterocycles. The molecule has 5 heterocycles. The number of H-pyrrole nitrogens is 2. The van der Waals surface area contributed by atoms with Crippen LogP contribution >= 0.6 is 11.3 Å². The highest BCUT2D eigenvalue weighted by Crippen LogP contribution is 2.56. The van der Waals surface area contributed by atoms with Crippen molar-refractivity contribution >= 4 is 40.3 Å². The maximum absolute atomic E-state index is 13.8. The minimum atomic E-state index is -0.672. The van der Waals surface area contributed by atoms with Gasteiger partial charge in [0.15, 0.2) is 0 Å². The largest absolute Gasteiger partial charge is 0.453 e. The lowest BCUT2D eigenvalue weighted by molar-refractivity contribution is -0.135. The molecule has 2 aromatic carbocycles. The van der Waals surface area contributed by atoms with Gasteiger partial charge in [-0.3, -0.25) is 9.59 Å². The number of likely N-dealkylation sites (tertiary alicyclic amines) is 2. The molecule has 1 saturated carbocycles. The van der Waals surface area contributed by atoms with E-state index in [9.17, 15) is 14.4 Å². The van der Waals surface area contributed by atoms with Gasteiger partial charge in [-0.15, -0.1) is 11.3 Å². The van der Waals surface area contributed by atoms with Crippen LogP contribution in [0.25, 0.3) is 43.2 Å². The molecule has 5 atom stereocenters. The summed E-state index contributed by atoms with van der Waals surface area (Å²) in [5, 5.41) is 2.74. The Morgan fingerprint density at radius 3 is 2.39 bits per heavy atom. The molecule has 11 nitrogen and oxygen atoms in total. The number of nitrogens with zero attached hydrogens (tertiary/aromatic N) is 4. The number of ether oxygens (including phenoxy) is 1. The molecule has 3 amide bonds. The predicted octanol–water partition coefficient (Wildman–Crippen LogP) is 9.15. The van der Waals surface area contributed by atoms with Crippen molar-refractivity contribution in [1.82, 2.24) is 35.1 Å². The molecule has 3 aromatic heterocycles. The Bertz CT molecular complexity index is 2340. The molecule has 9 rings (SSSR count). The smallest absolute Gasteiger partial charge is 0.407 e. The zero-order valence-corrected chi connectivity index (χ0v) is 34.4. The lowest BCUT2D eigenvalue weighted by atomic mass is 9.73. The van der Waals surface area contributed by atoms with Crippen molar-refractivity contribution in [2.75, 3.05) is 20.2 Å². The topological polar surface area (TPSA) is 136 Å². The normalized spacial score (nSPS) is 21.9. The minimum absolute atomic E-state index is 0.0178. The first-order valence-electron chi connectivity index (χ1n) is 20.8. The molecular weight excluding hydrogens is 735 g/mol. The molecule has 3 N–H and O–H groups in total. The number of aromatic amines is 2. The van der Waals surface area contributed by atoms with Crippen LogP contribution < -0.4 is 5.32 Å². The monoisotopic (exact) mass is 787 g/mol. The van der Waals surface area contributed by atoms with Crippen LogP contribution in [0.4, 0.5) is 4.79 Å². The van der Waals surface area contributed by atoms with Gasteiger partial charge in [0.25, 0.3) is 0 Å². The van der Waals surface area contributed by atoms with E-state index in [4.69, 9.17) is 14.7 Å². The predicted molar refractivity (Wildman–Crippen MR) is 223 cm³/mol. The summed E-state index contributed by atoms with van der Waals surface area (Å²) >= 11 is 1.81. The van der Waals surface area contributed by atoms with Crippen LogP contribution in [0.15, 0.2) is 48.7 Å². The lowest BCUT2D eigenvalue weighted by Crippen LogP contribution is -2.51. The van der Waals surface area contributed by atoms with Gasteiger partial charge in [-0.25, -0.2) is 14.8 Å². The van der Waals surface area contributed by atoms with Crippen LogP contribution in [0.3, 0.4) is 0 Å². The van der Waals surface area contributed by atoms with E-state index in [1.807, 2.05) is 29.8 Å². The zero-order valence-electron chi connectivity index (χ0n) is 33.6. The van der Waals surface area contributed by atoms with Crippen molar-refractivity contribution in [2.45, 2.75) is 103 Å². The molecule has 298 valence electrons. The van der Waals surface area contributed by atoms with E-state index in [-0.39, 0.29) is 29.8 Å². The number of nitrogens with one attached hydrogen (secondary N) is 3. The van der Waals surface area contributed by atoms with Gasteiger partial charge >= 0.3 is 6.09 Å². The van der Waals surface area contributed by atoms with Crippen molar-refractivity contribution in [1.29, 1.82) is 0 Å². The first kappa shape index (κ1) is 37.6. The summed E-state index contributed by atoms with van der Waals surface area (Å²) in [6, 6.07) is 14.8. The average molecular weight is 788 g/mol. The van der Waals surface area contributed by atoms with Crippen LogP contribution in [0.1, 0.15) is 113 Å². The molecule has 3 fully saturated rings. The summed E-state index contributed by atoms with van der Waals surface area (Å²) in [5.41, 5.74) is 9.64. The maximum Gasteiger partial charge on any atom is 0.407 e. The highest BCUT2D eigenvalue weighted by Gasteiger charge is 2.42. The molecule has 0 radical (unpaired) electrons. The number of rotatable bonds is 10. The van der Waals surface area contributed by atoms with Gasteiger partial charge in [-0.05, 0) is 121 Å². The summed E-state index contributed by atoms with van der Waals surface area (Å²) in [5.74, 6) is 3.31. The van der Waals surface area contributed by atoms with E-state index < -0.39 is 12.1 Å². The maximum atomic E-state index is 13.8. The van der Waals surface area contributed by atoms with Gasteiger partial charge in [0.1, 0.15) is 17.7 Å². The number of imidazole rings is 2. The minimum Gasteiger partial charge on any atom is -0.453 e. The number of carbonyl (C=O) groups is 3. The number of benzene rings is 2. The van der Waals surface area contributed by atoms with E-state index >= 15 is 0 Å². The Labute approximate surface area is 338 Å². The van der Waals surface area contributed by atoms with Crippen molar-refractivity contribution in [2.24, 2.45) is 17.8 Å². The Hall–Kier alpha value is -4.97. The molecule has 57 heavy (non-hydrogen) atoms. The summed E-state index contributed by atoms with van der Waals surface area (Å²) in [6.45, 7) is 9.47. The summed E-state index contributed by atoms with van der Waals surface area (Å²) in [7, 11) is 1.31. The molecular formula is C45H53N7O4S. The number of aromatic nitrogens is 4. The molecule has 4 unspecified atom stereocenters. The molecule has 12 heteroatoms. The third-order valence-electron chi connectivity index (χ3n) is 12.9. The first-order valence-corrected chi connectivity index (χ1v) is 21.6. The number of fused-ring (bicyclic) bond motifs is 4. The van der Waals surface area contributed by atoms with Crippen LogP contribution in [0, 0.1) is 17.8 Å². The van der Waals surface area contributed by atoms with Gasteiger partial charge < -0.3 is 29.8 Å². The van der Waals surface area contributed by atoms with Crippen molar-refractivity contribution in [3.05, 3.63) is 71.4 Å². The lowest BCUT2D eigenvalue weighted by Gasteiger charge is -2.31. The Morgan fingerprint density at radius 2 is 1.65 bits per heavy atom. The van der Waals surface area contributed by atoms with Gasteiger partial charge in [0.2, 0.25) is 11.8 Å². The van der Waals surface area contributed by atoms with Gasteiger partial charge in [-0.1, -0.05) is 45.9 Å². The van der Waals surface area contributed by atoms with Crippen LogP contribution in [-0.2, 0) is 20.7 Å². The quantitative estimate of drug-likeness (QED) is 0.129. The van der Waals surface area contributed by atoms with E-state index in [2.05, 4.69) is 71.6 Å². The summed E-state index contributed by atoms with van der Waals surface area (Å²) in [4.78, 5) is 62.1. The second-order valence-corrected chi connectivity index (χ2v) is 18.4. The summed E-state index contributed by atoms with van der Waals surface area (Å²) in [6.07, 6.45) is 9.14. The van der Waals surface area contributed by atoms with Crippen LogP contribution in [0.5, 0.6) is 0 Å². The van der Waals surface area contributed by atoms with E-state index in [1.165, 1.54) is 52.6 Å².